The first kappa shape index (κ1) is 18.8. The third kappa shape index (κ3) is 6.88. The number of carbonyl (C=O) groups excluding carboxylic acids is 1. The molecule has 1 aromatic rings. The van der Waals surface area contributed by atoms with Crippen LogP contribution in [0.25, 0.3) is 6.08 Å². The van der Waals surface area contributed by atoms with E-state index in [1.165, 1.54) is 7.05 Å². The highest BCUT2D eigenvalue weighted by Gasteiger charge is 2.15. The maximum Gasteiger partial charge on any atom is 0.226 e. The molecule has 1 saturated heterocycles. The summed E-state index contributed by atoms with van der Waals surface area (Å²) in [6.07, 6.45) is 8.40. The topological polar surface area (TPSA) is 75.0 Å². The molecule has 0 atom stereocenters. The summed E-state index contributed by atoms with van der Waals surface area (Å²) in [5, 5.41) is 0. The van der Waals surface area contributed by atoms with Gasteiger partial charge in [0.05, 0.1) is 0 Å². The van der Waals surface area contributed by atoms with Gasteiger partial charge in [-0.3, -0.25) is 4.79 Å². The quantitative estimate of drug-likeness (QED) is 0.862. The number of hydrogen-bond donors (Lipinski definition) is 2. The lowest BCUT2D eigenvalue weighted by atomic mass is 10.4. The largest absolute Gasteiger partial charge is 0.345 e. The van der Waals surface area contributed by atoms with Gasteiger partial charge in [0, 0.05) is 25.4 Å². The van der Waals surface area contributed by atoms with E-state index >= 15 is 0 Å². The van der Waals surface area contributed by atoms with Gasteiger partial charge in [0.15, 0.2) is 0 Å². The van der Waals surface area contributed by atoms with E-state index in [0.717, 1.165) is 18.8 Å². The number of imidazole rings is 1. The van der Waals surface area contributed by atoms with Gasteiger partial charge in [-0.15, -0.1) is 12.4 Å². The molecule has 1 aliphatic heterocycles. The van der Waals surface area contributed by atoms with Crippen molar-refractivity contribution in [2.45, 2.75) is 12.8 Å². The smallest absolute Gasteiger partial charge is 0.226 e. The van der Waals surface area contributed by atoms with Crippen LogP contribution in [0.1, 0.15) is 18.7 Å². The minimum absolute atomic E-state index is 0. The number of rotatable bonds is 2. The molecular formula is C12H21ClN4O. The average molecular weight is 273 g/mol. The number of halogens is 1. The standard InChI is InChI=1S/C6H9NO.C5H6N2.CH5N.ClH/c1-2-7-5-3-4-6(7)8;1-2-5-6-3-4-7-5;1-2;/h2H,1,3-5H2;2-4H,1H2,(H,6,7);2H2,1H3;1H. The fourth-order valence-corrected chi connectivity index (χ4v) is 1.25. The van der Waals surface area contributed by atoms with Crippen LogP contribution in [0.5, 0.6) is 0 Å². The zero-order valence-electron chi connectivity index (χ0n) is 10.6. The Morgan fingerprint density at radius 2 is 2.17 bits per heavy atom. The lowest BCUT2D eigenvalue weighted by Crippen LogP contribution is -2.16. The van der Waals surface area contributed by atoms with Crippen LogP contribution in [-0.4, -0.2) is 34.4 Å². The maximum absolute atomic E-state index is 10.7. The molecule has 1 aliphatic rings. The highest BCUT2D eigenvalue weighted by Crippen LogP contribution is 2.08. The number of aromatic nitrogens is 2. The first-order chi connectivity index (χ1) is 8.27. The van der Waals surface area contributed by atoms with Gasteiger partial charge in [-0.25, -0.2) is 4.98 Å². The average Bonchev–Trinajstić information content (AvgIpc) is 3.03. The normalized spacial score (nSPS) is 12.3. The Morgan fingerprint density at radius 3 is 2.39 bits per heavy atom. The first-order valence-corrected chi connectivity index (χ1v) is 5.39. The third-order valence-electron chi connectivity index (χ3n) is 2.04. The van der Waals surface area contributed by atoms with Gasteiger partial charge in [0.1, 0.15) is 5.82 Å². The van der Waals surface area contributed by atoms with Gasteiger partial charge in [-0.1, -0.05) is 13.2 Å². The Labute approximate surface area is 114 Å². The van der Waals surface area contributed by atoms with E-state index in [4.69, 9.17) is 0 Å². The van der Waals surface area contributed by atoms with Gasteiger partial charge < -0.3 is 15.6 Å². The molecule has 6 heteroatoms. The summed E-state index contributed by atoms with van der Waals surface area (Å²) in [7, 11) is 1.50. The second kappa shape index (κ2) is 11.9. The number of nitrogens with two attached hydrogens (primary N) is 1. The molecule has 0 saturated carbocycles. The van der Waals surface area contributed by atoms with Crippen molar-refractivity contribution in [3.8, 4) is 0 Å². The molecule has 0 radical (unpaired) electrons. The molecule has 0 bridgehead atoms. The predicted octanol–water partition coefficient (Wildman–Crippen LogP) is 1.80. The number of likely N-dealkylation sites (tertiary alicyclic amines) is 1. The summed E-state index contributed by atoms with van der Waals surface area (Å²) in [6.45, 7) is 7.87. The van der Waals surface area contributed by atoms with Crippen LogP contribution in [0.3, 0.4) is 0 Å². The molecule has 3 N–H and O–H groups in total. The molecule has 0 spiro atoms. The van der Waals surface area contributed by atoms with Crippen molar-refractivity contribution in [2.24, 2.45) is 5.73 Å². The van der Waals surface area contributed by atoms with Gasteiger partial charge in [0.2, 0.25) is 5.91 Å². The second-order valence-electron chi connectivity index (χ2n) is 3.05. The van der Waals surface area contributed by atoms with Crippen molar-refractivity contribution < 1.29 is 4.79 Å². The van der Waals surface area contributed by atoms with E-state index < -0.39 is 0 Å². The molecular weight excluding hydrogens is 252 g/mol. The molecule has 2 heterocycles. The zero-order chi connectivity index (χ0) is 13.1. The Balaban J connectivity index is 0. The fraction of sp³-hybridized carbons (Fsp3) is 0.333. The second-order valence-corrected chi connectivity index (χ2v) is 3.05. The number of H-pyrrole nitrogens is 1. The van der Waals surface area contributed by atoms with Crippen LogP contribution < -0.4 is 5.73 Å². The summed E-state index contributed by atoms with van der Waals surface area (Å²) >= 11 is 0. The molecule has 0 aliphatic carbocycles. The molecule has 2 rings (SSSR count). The number of nitrogens with one attached hydrogen (secondary N) is 1. The van der Waals surface area contributed by atoms with Crippen LogP contribution in [-0.2, 0) is 4.79 Å². The Morgan fingerprint density at radius 1 is 1.50 bits per heavy atom. The molecule has 0 unspecified atom stereocenters. The number of carbonyl (C=O) groups is 1. The molecule has 102 valence electrons. The molecule has 0 aromatic carbocycles. The molecule has 1 amide bonds. The zero-order valence-corrected chi connectivity index (χ0v) is 11.4. The van der Waals surface area contributed by atoms with Crippen LogP contribution in [0.15, 0.2) is 31.8 Å². The SMILES string of the molecule is C=CN1CCCC1=O.C=Cc1ncc[nH]1.CN.Cl. The van der Waals surface area contributed by atoms with Crippen molar-refractivity contribution >= 4 is 24.4 Å². The summed E-state index contributed by atoms with van der Waals surface area (Å²) < 4.78 is 0. The van der Waals surface area contributed by atoms with Crippen molar-refractivity contribution in [2.75, 3.05) is 13.6 Å². The Bertz CT molecular complexity index is 338. The summed E-state index contributed by atoms with van der Waals surface area (Å²) in [5.74, 6) is 1.03. The van der Waals surface area contributed by atoms with Crippen LogP contribution >= 0.6 is 12.4 Å². The van der Waals surface area contributed by atoms with Crippen LogP contribution in [0.2, 0.25) is 0 Å². The van der Waals surface area contributed by atoms with Gasteiger partial charge in [0.25, 0.3) is 0 Å². The number of aromatic amines is 1. The van der Waals surface area contributed by atoms with Crippen molar-refractivity contribution in [1.29, 1.82) is 0 Å². The van der Waals surface area contributed by atoms with Gasteiger partial charge >= 0.3 is 0 Å². The number of nitrogens with zero attached hydrogens (tertiary/aromatic N) is 2. The van der Waals surface area contributed by atoms with Gasteiger partial charge in [-0.05, 0) is 25.7 Å². The summed E-state index contributed by atoms with van der Waals surface area (Å²) in [5.41, 5.74) is 4.50. The monoisotopic (exact) mass is 272 g/mol. The molecule has 1 fully saturated rings. The van der Waals surface area contributed by atoms with E-state index in [2.05, 4.69) is 28.9 Å². The number of amides is 1. The van der Waals surface area contributed by atoms with Crippen LogP contribution in [0.4, 0.5) is 0 Å². The fourth-order valence-electron chi connectivity index (χ4n) is 1.25. The summed E-state index contributed by atoms with van der Waals surface area (Å²) in [6, 6.07) is 0. The maximum atomic E-state index is 10.7. The van der Waals surface area contributed by atoms with E-state index in [1.807, 2.05) is 0 Å². The van der Waals surface area contributed by atoms with Crippen molar-refractivity contribution in [3.63, 3.8) is 0 Å². The molecule has 1 aromatic heterocycles. The minimum Gasteiger partial charge on any atom is -0.345 e. The Kier molecular flexibility index (Phi) is 12.4. The summed E-state index contributed by atoms with van der Waals surface area (Å²) in [4.78, 5) is 19.0. The third-order valence-corrected chi connectivity index (χ3v) is 2.04. The van der Waals surface area contributed by atoms with E-state index in [1.54, 1.807) is 29.6 Å². The predicted molar refractivity (Wildman–Crippen MR) is 77.2 cm³/mol. The molecule has 18 heavy (non-hydrogen) atoms. The highest BCUT2D eigenvalue weighted by atomic mass is 35.5. The van der Waals surface area contributed by atoms with Crippen LogP contribution in [0, 0.1) is 0 Å². The lowest BCUT2D eigenvalue weighted by Gasteiger charge is -2.05. The van der Waals surface area contributed by atoms with E-state index in [-0.39, 0.29) is 18.3 Å². The minimum atomic E-state index is 0. The number of hydrogen-bond acceptors (Lipinski definition) is 3. The first-order valence-electron chi connectivity index (χ1n) is 5.39. The van der Waals surface area contributed by atoms with Crippen molar-refractivity contribution in [3.05, 3.63) is 37.6 Å². The van der Waals surface area contributed by atoms with Gasteiger partial charge in [-0.2, -0.15) is 0 Å². The molecule has 5 nitrogen and oxygen atoms in total. The highest BCUT2D eigenvalue weighted by molar-refractivity contribution is 5.85. The van der Waals surface area contributed by atoms with E-state index in [9.17, 15) is 4.79 Å². The lowest BCUT2D eigenvalue weighted by molar-refractivity contribution is -0.125. The van der Waals surface area contributed by atoms with Crippen molar-refractivity contribution in [1.82, 2.24) is 14.9 Å². The Hall–Kier alpha value is -1.59. The van der Waals surface area contributed by atoms with E-state index in [0.29, 0.717) is 6.42 Å².